The predicted molar refractivity (Wildman–Crippen MR) is 88.8 cm³/mol. The Labute approximate surface area is 139 Å². The van der Waals surface area contributed by atoms with Crippen molar-refractivity contribution >= 4 is 34.8 Å². The quantitative estimate of drug-likeness (QED) is 0.789. The number of halogens is 2. The van der Waals surface area contributed by atoms with Crippen LogP contribution in [-0.4, -0.2) is 42.0 Å². The summed E-state index contributed by atoms with van der Waals surface area (Å²) in [6.45, 7) is 2.88. The van der Waals surface area contributed by atoms with Crippen molar-refractivity contribution in [3.8, 4) is 0 Å². The summed E-state index contributed by atoms with van der Waals surface area (Å²) in [7, 11) is 0. The van der Waals surface area contributed by atoms with Crippen molar-refractivity contribution in [3.05, 3.63) is 58.3 Å². The van der Waals surface area contributed by atoms with Crippen LogP contribution in [0.4, 0.5) is 5.69 Å². The molecule has 2 aromatic rings. The zero-order valence-corrected chi connectivity index (χ0v) is 13.4. The number of pyridine rings is 1. The van der Waals surface area contributed by atoms with Crippen LogP contribution in [0.25, 0.3) is 0 Å². The molecule has 0 unspecified atom stereocenters. The third-order valence-electron chi connectivity index (χ3n) is 3.71. The summed E-state index contributed by atoms with van der Waals surface area (Å²) in [5.74, 6) is 0.0231. The van der Waals surface area contributed by atoms with E-state index in [2.05, 4.69) is 9.88 Å². The first-order valence-corrected chi connectivity index (χ1v) is 7.80. The lowest BCUT2D eigenvalue weighted by atomic mass is 10.1. The van der Waals surface area contributed by atoms with Gasteiger partial charge in [0.1, 0.15) is 5.15 Å². The fourth-order valence-corrected chi connectivity index (χ4v) is 2.92. The molecule has 1 amide bonds. The summed E-state index contributed by atoms with van der Waals surface area (Å²) < 4.78 is 0. The second kappa shape index (κ2) is 6.55. The largest absolute Gasteiger partial charge is 0.368 e. The van der Waals surface area contributed by atoms with Gasteiger partial charge in [0, 0.05) is 48.6 Å². The number of benzene rings is 1. The van der Waals surface area contributed by atoms with Crippen LogP contribution in [0.5, 0.6) is 0 Å². The minimum Gasteiger partial charge on any atom is -0.368 e. The lowest BCUT2D eigenvalue weighted by molar-refractivity contribution is 0.0747. The maximum Gasteiger partial charge on any atom is 0.254 e. The molecule has 114 valence electrons. The monoisotopic (exact) mass is 335 g/mol. The molecule has 4 nitrogen and oxygen atoms in total. The fraction of sp³-hybridized carbons (Fsp3) is 0.250. The molecule has 0 aliphatic carbocycles. The Morgan fingerprint density at radius 1 is 1.05 bits per heavy atom. The van der Waals surface area contributed by atoms with Gasteiger partial charge in [-0.15, -0.1) is 0 Å². The SMILES string of the molecule is O=C(c1cccc(Cl)c1)N1CCN(c2ccnc(Cl)c2)CC1. The number of anilines is 1. The van der Waals surface area contributed by atoms with Crippen molar-refractivity contribution in [3.63, 3.8) is 0 Å². The summed E-state index contributed by atoms with van der Waals surface area (Å²) in [5, 5.41) is 1.06. The average Bonchev–Trinajstić information content (AvgIpc) is 2.54. The number of hydrogen-bond donors (Lipinski definition) is 0. The molecule has 1 fully saturated rings. The van der Waals surface area contributed by atoms with Crippen molar-refractivity contribution in [1.29, 1.82) is 0 Å². The molecule has 1 aromatic carbocycles. The zero-order chi connectivity index (χ0) is 15.5. The predicted octanol–water partition coefficient (Wildman–Crippen LogP) is 3.35. The van der Waals surface area contributed by atoms with Crippen molar-refractivity contribution in [2.45, 2.75) is 0 Å². The third-order valence-corrected chi connectivity index (χ3v) is 4.16. The average molecular weight is 336 g/mol. The number of amides is 1. The molecule has 1 aliphatic rings. The molecule has 1 saturated heterocycles. The highest BCUT2D eigenvalue weighted by molar-refractivity contribution is 6.31. The molecular weight excluding hydrogens is 321 g/mol. The van der Waals surface area contributed by atoms with E-state index in [-0.39, 0.29) is 5.91 Å². The number of carbonyl (C=O) groups excluding carboxylic acids is 1. The van der Waals surface area contributed by atoms with Gasteiger partial charge in [-0.3, -0.25) is 4.79 Å². The van der Waals surface area contributed by atoms with Crippen molar-refractivity contribution < 1.29 is 4.79 Å². The number of nitrogens with zero attached hydrogens (tertiary/aromatic N) is 3. The molecule has 22 heavy (non-hydrogen) atoms. The minimum atomic E-state index is 0.0231. The third kappa shape index (κ3) is 3.34. The van der Waals surface area contributed by atoms with Crippen LogP contribution in [0.3, 0.4) is 0 Å². The van der Waals surface area contributed by atoms with E-state index >= 15 is 0 Å². The van der Waals surface area contributed by atoms with Gasteiger partial charge in [0.05, 0.1) is 0 Å². The number of piperazine rings is 1. The summed E-state index contributed by atoms with van der Waals surface area (Å²) in [6, 6.07) is 10.8. The Morgan fingerprint density at radius 3 is 2.50 bits per heavy atom. The van der Waals surface area contributed by atoms with Crippen LogP contribution in [-0.2, 0) is 0 Å². The van der Waals surface area contributed by atoms with Crippen LogP contribution in [0, 0.1) is 0 Å². The summed E-state index contributed by atoms with van der Waals surface area (Å²) in [5.41, 5.74) is 1.67. The Morgan fingerprint density at radius 2 is 1.82 bits per heavy atom. The lowest BCUT2D eigenvalue weighted by Gasteiger charge is -2.36. The Balaban J connectivity index is 1.65. The zero-order valence-electron chi connectivity index (χ0n) is 11.9. The Hall–Kier alpha value is -1.78. The van der Waals surface area contributed by atoms with Gasteiger partial charge < -0.3 is 9.80 Å². The van der Waals surface area contributed by atoms with Crippen LogP contribution >= 0.6 is 23.2 Å². The van der Waals surface area contributed by atoms with Crippen molar-refractivity contribution in [1.82, 2.24) is 9.88 Å². The molecule has 0 saturated carbocycles. The van der Waals surface area contributed by atoms with Gasteiger partial charge in [0.15, 0.2) is 0 Å². The molecule has 0 bridgehead atoms. The van der Waals surface area contributed by atoms with Gasteiger partial charge >= 0.3 is 0 Å². The smallest absolute Gasteiger partial charge is 0.254 e. The summed E-state index contributed by atoms with van der Waals surface area (Å²) in [4.78, 5) is 20.5. The molecule has 0 spiro atoms. The van der Waals surface area contributed by atoms with Gasteiger partial charge in [-0.25, -0.2) is 4.98 Å². The van der Waals surface area contributed by atoms with Crippen LogP contribution in [0.2, 0.25) is 10.2 Å². The van der Waals surface area contributed by atoms with Gasteiger partial charge in [-0.1, -0.05) is 29.3 Å². The van der Waals surface area contributed by atoms with E-state index in [1.165, 1.54) is 0 Å². The van der Waals surface area contributed by atoms with E-state index in [0.29, 0.717) is 28.8 Å². The summed E-state index contributed by atoms with van der Waals surface area (Å²) >= 11 is 11.9. The maximum absolute atomic E-state index is 12.5. The first-order chi connectivity index (χ1) is 10.6. The second-order valence-corrected chi connectivity index (χ2v) is 5.95. The molecular formula is C16H15Cl2N3O. The van der Waals surface area contributed by atoms with Crippen LogP contribution < -0.4 is 4.90 Å². The highest BCUT2D eigenvalue weighted by Gasteiger charge is 2.22. The Kier molecular flexibility index (Phi) is 4.50. The molecule has 3 rings (SSSR count). The molecule has 0 N–H and O–H groups in total. The molecule has 2 heterocycles. The fourth-order valence-electron chi connectivity index (χ4n) is 2.56. The normalized spacial score (nSPS) is 15.0. The second-order valence-electron chi connectivity index (χ2n) is 5.13. The van der Waals surface area contributed by atoms with E-state index in [4.69, 9.17) is 23.2 Å². The van der Waals surface area contributed by atoms with Crippen LogP contribution in [0.1, 0.15) is 10.4 Å². The highest BCUT2D eigenvalue weighted by Crippen LogP contribution is 2.20. The first-order valence-electron chi connectivity index (χ1n) is 7.05. The minimum absolute atomic E-state index is 0.0231. The van der Waals surface area contributed by atoms with Crippen molar-refractivity contribution in [2.75, 3.05) is 31.1 Å². The van der Waals surface area contributed by atoms with Gasteiger partial charge in [-0.05, 0) is 30.3 Å². The van der Waals surface area contributed by atoms with Gasteiger partial charge in [0.25, 0.3) is 5.91 Å². The standard InChI is InChI=1S/C16H15Cl2N3O/c17-13-3-1-2-12(10-13)16(22)21-8-6-20(7-9-21)14-4-5-19-15(18)11-14/h1-5,10-11H,6-9H2. The first kappa shape index (κ1) is 15.1. The van der Waals surface area contributed by atoms with E-state index in [1.807, 2.05) is 17.0 Å². The van der Waals surface area contributed by atoms with E-state index in [9.17, 15) is 4.79 Å². The van der Waals surface area contributed by atoms with E-state index < -0.39 is 0 Å². The van der Waals surface area contributed by atoms with Crippen LogP contribution in [0.15, 0.2) is 42.6 Å². The lowest BCUT2D eigenvalue weighted by Crippen LogP contribution is -2.48. The van der Waals surface area contributed by atoms with Gasteiger partial charge in [0.2, 0.25) is 0 Å². The number of aromatic nitrogens is 1. The molecule has 6 heteroatoms. The molecule has 0 atom stereocenters. The molecule has 0 radical (unpaired) electrons. The number of hydrogen-bond acceptors (Lipinski definition) is 3. The topological polar surface area (TPSA) is 36.4 Å². The number of rotatable bonds is 2. The molecule has 1 aromatic heterocycles. The molecule has 1 aliphatic heterocycles. The van der Waals surface area contributed by atoms with Gasteiger partial charge in [-0.2, -0.15) is 0 Å². The van der Waals surface area contributed by atoms with E-state index in [0.717, 1.165) is 18.8 Å². The number of carbonyl (C=O) groups is 1. The highest BCUT2D eigenvalue weighted by atomic mass is 35.5. The Bertz CT molecular complexity index is 685. The summed E-state index contributed by atoms with van der Waals surface area (Å²) in [6.07, 6.45) is 1.70. The van der Waals surface area contributed by atoms with Crippen molar-refractivity contribution in [2.24, 2.45) is 0 Å². The van der Waals surface area contributed by atoms with E-state index in [1.54, 1.807) is 30.5 Å². The maximum atomic E-state index is 12.5.